The largest absolute Gasteiger partial charge is 0.465 e. The highest BCUT2D eigenvalue weighted by Gasteiger charge is 2.41. The van der Waals surface area contributed by atoms with Crippen LogP contribution in [0.3, 0.4) is 0 Å². The highest BCUT2D eigenvalue weighted by molar-refractivity contribution is 5.81. The van der Waals surface area contributed by atoms with Gasteiger partial charge in [0.1, 0.15) is 5.54 Å². The standard InChI is InChI=1S/C16H31NO2/c1-6-19-15(18)16(17-13(4)5)10-7-8-14(9-11-16)12(2)3/h12-14,17H,6-11H2,1-5H3. The maximum absolute atomic E-state index is 12.4. The van der Waals surface area contributed by atoms with Gasteiger partial charge in [-0.05, 0) is 51.9 Å². The molecule has 0 radical (unpaired) electrons. The summed E-state index contributed by atoms with van der Waals surface area (Å²) in [7, 11) is 0. The Balaban J connectivity index is 2.82. The maximum Gasteiger partial charge on any atom is 0.326 e. The first-order valence-electron chi connectivity index (χ1n) is 7.86. The van der Waals surface area contributed by atoms with E-state index in [9.17, 15) is 4.79 Å². The van der Waals surface area contributed by atoms with E-state index in [-0.39, 0.29) is 5.97 Å². The third-order valence-corrected chi connectivity index (χ3v) is 4.29. The molecule has 112 valence electrons. The van der Waals surface area contributed by atoms with Crippen molar-refractivity contribution < 1.29 is 9.53 Å². The van der Waals surface area contributed by atoms with Gasteiger partial charge in [-0.1, -0.05) is 26.7 Å². The van der Waals surface area contributed by atoms with Crippen molar-refractivity contribution in [3.8, 4) is 0 Å². The Hall–Kier alpha value is -0.570. The van der Waals surface area contributed by atoms with Crippen molar-refractivity contribution in [3.05, 3.63) is 0 Å². The van der Waals surface area contributed by atoms with Crippen molar-refractivity contribution in [2.24, 2.45) is 11.8 Å². The number of hydrogen-bond acceptors (Lipinski definition) is 3. The summed E-state index contributed by atoms with van der Waals surface area (Å²) < 4.78 is 5.34. The van der Waals surface area contributed by atoms with Crippen LogP contribution in [0, 0.1) is 11.8 Å². The lowest BCUT2D eigenvalue weighted by Crippen LogP contribution is -2.55. The van der Waals surface area contributed by atoms with Crippen molar-refractivity contribution in [2.45, 2.75) is 78.3 Å². The quantitative estimate of drug-likeness (QED) is 0.613. The van der Waals surface area contributed by atoms with Gasteiger partial charge < -0.3 is 4.74 Å². The molecule has 0 aliphatic heterocycles. The fourth-order valence-electron chi connectivity index (χ4n) is 3.26. The average molecular weight is 269 g/mol. The summed E-state index contributed by atoms with van der Waals surface area (Å²) in [6, 6.07) is 0.306. The zero-order valence-corrected chi connectivity index (χ0v) is 13.3. The Morgan fingerprint density at radius 2 is 1.95 bits per heavy atom. The molecule has 0 heterocycles. The van der Waals surface area contributed by atoms with E-state index in [1.807, 2.05) is 6.92 Å². The monoisotopic (exact) mass is 269 g/mol. The van der Waals surface area contributed by atoms with Gasteiger partial charge >= 0.3 is 5.97 Å². The van der Waals surface area contributed by atoms with E-state index in [4.69, 9.17) is 4.74 Å². The Morgan fingerprint density at radius 1 is 1.26 bits per heavy atom. The van der Waals surface area contributed by atoms with E-state index < -0.39 is 5.54 Å². The Bertz CT molecular complexity index is 288. The fraction of sp³-hybridized carbons (Fsp3) is 0.938. The molecule has 1 saturated carbocycles. The molecule has 0 amide bonds. The van der Waals surface area contributed by atoms with E-state index in [0.29, 0.717) is 18.6 Å². The van der Waals surface area contributed by atoms with Gasteiger partial charge in [0.2, 0.25) is 0 Å². The third-order valence-electron chi connectivity index (χ3n) is 4.29. The van der Waals surface area contributed by atoms with Crippen molar-refractivity contribution >= 4 is 5.97 Å². The van der Waals surface area contributed by atoms with Crippen LogP contribution in [0.4, 0.5) is 0 Å². The van der Waals surface area contributed by atoms with Crippen molar-refractivity contribution in [2.75, 3.05) is 6.61 Å². The van der Waals surface area contributed by atoms with Crippen LogP contribution in [0.1, 0.15) is 66.7 Å². The molecule has 3 nitrogen and oxygen atoms in total. The maximum atomic E-state index is 12.4. The fourth-order valence-corrected chi connectivity index (χ4v) is 3.26. The van der Waals surface area contributed by atoms with Gasteiger partial charge in [0.15, 0.2) is 0 Å². The minimum absolute atomic E-state index is 0.0480. The van der Waals surface area contributed by atoms with Gasteiger partial charge in [0.25, 0.3) is 0 Å². The number of hydrogen-bond donors (Lipinski definition) is 1. The zero-order chi connectivity index (χ0) is 14.5. The first kappa shape index (κ1) is 16.5. The molecule has 1 N–H and O–H groups in total. The van der Waals surface area contributed by atoms with Crippen molar-refractivity contribution in [1.29, 1.82) is 0 Å². The molecule has 1 rings (SSSR count). The molecule has 0 aromatic carbocycles. The molecule has 0 saturated heterocycles. The van der Waals surface area contributed by atoms with Crippen LogP contribution < -0.4 is 5.32 Å². The van der Waals surface area contributed by atoms with Gasteiger partial charge in [-0.2, -0.15) is 0 Å². The molecule has 1 fully saturated rings. The Kier molecular flexibility index (Phi) is 6.31. The van der Waals surface area contributed by atoms with E-state index in [1.54, 1.807) is 0 Å². The van der Waals surface area contributed by atoms with Gasteiger partial charge in [-0.3, -0.25) is 10.1 Å². The van der Waals surface area contributed by atoms with Crippen LogP contribution in [0.15, 0.2) is 0 Å². The average Bonchev–Trinajstić information content (AvgIpc) is 2.52. The first-order valence-corrected chi connectivity index (χ1v) is 7.86. The van der Waals surface area contributed by atoms with Crippen molar-refractivity contribution in [1.82, 2.24) is 5.32 Å². The second-order valence-corrected chi connectivity index (χ2v) is 6.54. The molecular formula is C16H31NO2. The highest BCUT2D eigenvalue weighted by Crippen LogP contribution is 2.35. The van der Waals surface area contributed by atoms with Crippen LogP contribution in [-0.4, -0.2) is 24.2 Å². The molecule has 0 spiro atoms. The van der Waals surface area contributed by atoms with Gasteiger partial charge in [-0.25, -0.2) is 0 Å². The number of rotatable bonds is 5. The molecule has 0 bridgehead atoms. The summed E-state index contributed by atoms with van der Waals surface area (Å²) in [6.45, 7) is 11.1. The second kappa shape index (κ2) is 7.28. The van der Waals surface area contributed by atoms with Crippen LogP contribution in [0.5, 0.6) is 0 Å². The van der Waals surface area contributed by atoms with E-state index in [1.165, 1.54) is 6.42 Å². The molecule has 0 aromatic heterocycles. The smallest absolute Gasteiger partial charge is 0.326 e. The lowest BCUT2D eigenvalue weighted by Gasteiger charge is -2.33. The number of esters is 1. The topological polar surface area (TPSA) is 38.3 Å². The normalized spacial score (nSPS) is 28.5. The predicted octanol–water partition coefficient (Wildman–Crippen LogP) is 3.52. The van der Waals surface area contributed by atoms with E-state index in [0.717, 1.165) is 31.6 Å². The molecule has 0 aromatic rings. The first-order chi connectivity index (χ1) is 8.91. The molecule has 2 atom stereocenters. The van der Waals surface area contributed by atoms with Gasteiger partial charge in [0, 0.05) is 6.04 Å². The third kappa shape index (κ3) is 4.48. The minimum atomic E-state index is -0.451. The van der Waals surface area contributed by atoms with Crippen LogP contribution in [-0.2, 0) is 9.53 Å². The van der Waals surface area contributed by atoms with Crippen LogP contribution in [0.25, 0.3) is 0 Å². The Morgan fingerprint density at radius 3 is 2.47 bits per heavy atom. The molecule has 3 heteroatoms. The van der Waals surface area contributed by atoms with Crippen LogP contribution in [0.2, 0.25) is 0 Å². The molecular weight excluding hydrogens is 238 g/mol. The summed E-state index contributed by atoms with van der Waals surface area (Å²) in [5, 5.41) is 3.50. The van der Waals surface area contributed by atoms with Gasteiger partial charge in [-0.15, -0.1) is 0 Å². The number of nitrogens with one attached hydrogen (secondary N) is 1. The van der Waals surface area contributed by atoms with Crippen LogP contribution >= 0.6 is 0 Å². The molecule has 1 aliphatic rings. The van der Waals surface area contributed by atoms with Gasteiger partial charge in [0.05, 0.1) is 6.61 Å². The number of carbonyl (C=O) groups excluding carboxylic acids is 1. The Labute approximate surface area is 118 Å². The summed E-state index contributed by atoms with van der Waals surface area (Å²) in [5.41, 5.74) is -0.451. The number of carbonyl (C=O) groups is 1. The van der Waals surface area contributed by atoms with E-state index in [2.05, 4.69) is 33.0 Å². The second-order valence-electron chi connectivity index (χ2n) is 6.54. The molecule has 2 unspecified atom stereocenters. The molecule has 19 heavy (non-hydrogen) atoms. The number of ether oxygens (including phenoxy) is 1. The lowest BCUT2D eigenvalue weighted by molar-refractivity contribution is -0.152. The predicted molar refractivity (Wildman–Crippen MR) is 79.0 cm³/mol. The van der Waals surface area contributed by atoms with Crippen molar-refractivity contribution in [3.63, 3.8) is 0 Å². The summed E-state index contributed by atoms with van der Waals surface area (Å²) in [4.78, 5) is 12.4. The summed E-state index contributed by atoms with van der Waals surface area (Å²) in [5.74, 6) is 1.40. The lowest BCUT2D eigenvalue weighted by atomic mass is 9.86. The highest BCUT2D eigenvalue weighted by atomic mass is 16.5. The SMILES string of the molecule is CCOC(=O)C1(NC(C)C)CCCC(C(C)C)CC1. The summed E-state index contributed by atoms with van der Waals surface area (Å²) in [6.07, 6.45) is 5.29. The molecule has 1 aliphatic carbocycles. The van der Waals surface area contributed by atoms with E-state index >= 15 is 0 Å². The summed E-state index contributed by atoms with van der Waals surface area (Å²) >= 11 is 0. The zero-order valence-electron chi connectivity index (χ0n) is 13.3. The minimum Gasteiger partial charge on any atom is -0.465 e.